The van der Waals surface area contributed by atoms with Crippen LogP contribution in [0.15, 0.2) is 0 Å². The van der Waals surface area contributed by atoms with Gasteiger partial charge in [0, 0.05) is 19.5 Å². The molecule has 0 spiro atoms. The fourth-order valence-electron chi connectivity index (χ4n) is 10.1. The van der Waals surface area contributed by atoms with Crippen LogP contribution in [0, 0.1) is 0 Å². The third-order valence-corrected chi connectivity index (χ3v) is 20.1. The average Bonchev–Trinajstić information content (AvgIpc) is 3.05. The van der Waals surface area contributed by atoms with Gasteiger partial charge in [0.05, 0.1) is 0 Å². The monoisotopic (exact) mass is 760 g/mol. The molecule has 0 N–H and O–H groups in total. The molecule has 0 heterocycles. The van der Waals surface area contributed by atoms with E-state index >= 15 is 0 Å². The van der Waals surface area contributed by atoms with E-state index in [4.69, 9.17) is 4.79 Å². The molecule has 6 aliphatic rings. The van der Waals surface area contributed by atoms with Gasteiger partial charge in [-0.25, -0.2) is 0 Å². The van der Waals surface area contributed by atoms with Crippen molar-refractivity contribution in [2.75, 3.05) is 0 Å². The Bertz CT molecular complexity index is 562. The molecule has 0 atom stereocenters. The first-order chi connectivity index (χ1) is 20.6. The summed E-state index contributed by atoms with van der Waals surface area (Å²) < 4.78 is -0.889. The van der Waals surface area contributed by atoms with E-state index in [1.807, 2.05) is 0 Å². The van der Waals surface area contributed by atoms with Crippen molar-refractivity contribution < 1.29 is 24.3 Å². The van der Waals surface area contributed by atoms with Crippen LogP contribution in [0.3, 0.4) is 0 Å². The minimum absolute atomic E-state index is 0. The van der Waals surface area contributed by atoms with Crippen molar-refractivity contribution in [2.45, 2.75) is 227 Å². The van der Waals surface area contributed by atoms with Gasteiger partial charge in [0.15, 0.2) is 0 Å². The van der Waals surface area contributed by atoms with E-state index in [2.05, 4.69) is 23.2 Å². The summed E-state index contributed by atoms with van der Waals surface area (Å²) in [6, 6.07) is 0. The van der Waals surface area contributed by atoms with Crippen LogP contribution in [-0.2, 0) is 19.5 Å². The van der Waals surface area contributed by atoms with Gasteiger partial charge < -0.3 is 0 Å². The molecule has 0 aromatic heterocycles. The predicted molar refractivity (Wildman–Crippen MR) is 192 cm³/mol. The molecule has 0 radical (unpaired) electrons. The van der Waals surface area contributed by atoms with Gasteiger partial charge in [-0.1, -0.05) is 131 Å². The molecule has 0 aromatic rings. The first-order valence-corrected chi connectivity index (χ1v) is 22.9. The van der Waals surface area contributed by atoms with Crippen LogP contribution in [0.2, 0.25) is 0 Å². The van der Waals surface area contributed by atoms with Gasteiger partial charge in [0.2, 0.25) is 0 Å². The molecule has 0 saturated heterocycles. The van der Waals surface area contributed by atoms with Crippen LogP contribution in [0.1, 0.15) is 193 Å². The fourth-order valence-corrected chi connectivity index (χ4v) is 19.4. The summed E-state index contributed by atoms with van der Waals surface area (Å²) in [7, 11) is 0.770. The molecule has 252 valence electrons. The second-order valence-corrected chi connectivity index (χ2v) is 21.9. The third kappa shape index (κ3) is 14.0. The van der Waals surface area contributed by atoms with Crippen LogP contribution in [0.25, 0.3) is 0 Å². The molecule has 0 aliphatic heterocycles. The molecule has 6 aliphatic carbocycles. The molecule has 43 heavy (non-hydrogen) atoms. The minimum atomic E-state index is -0.889. The first kappa shape index (κ1) is 39.2. The van der Waals surface area contributed by atoms with E-state index in [9.17, 15) is 0 Å². The summed E-state index contributed by atoms with van der Waals surface area (Å²) in [5.41, 5.74) is 7.14. The average molecular weight is 761 g/mol. The summed E-state index contributed by atoms with van der Waals surface area (Å²) >= 11 is 8.80. The van der Waals surface area contributed by atoms with Crippen molar-refractivity contribution in [3.8, 4) is 0 Å². The second-order valence-electron chi connectivity index (χ2n) is 14.9. The standard InChI is InChI=1S/2C18H33P.CCl2O.Ru/c2*1-4-10-16(11-5-1)19(17-12-6-2-7-13-17)18-14-8-3-9-15-18;2-1(3)4;/h2*16-18H,1-15H2;;. The van der Waals surface area contributed by atoms with E-state index in [1.165, 1.54) is 72.5 Å². The number of hydrogen-bond donors (Lipinski definition) is 0. The smallest absolute Gasteiger partial charge is 0.262 e. The SMILES string of the molecule is C1CCC(P(C2CCCCC2)C2CCCCC2)CC1.C1CCC(P(C2CCCCC2)C2CCCCC2)CC1.O=C(Cl)Cl.[Ru]. The molecule has 0 amide bonds. The Morgan fingerprint density at radius 2 is 0.442 bits per heavy atom. The number of rotatable bonds is 6. The quantitative estimate of drug-likeness (QED) is 0.150. The molecule has 6 saturated carbocycles. The maximum absolute atomic E-state index is 8.98. The molecule has 6 rings (SSSR count). The zero-order valence-electron chi connectivity index (χ0n) is 27.6. The van der Waals surface area contributed by atoms with Gasteiger partial charge in [0.25, 0.3) is 0 Å². The van der Waals surface area contributed by atoms with Crippen molar-refractivity contribution in [2.24, 2.45) is 0 Å². The summed E-state index contributed by atoms with van der Waals surface area (Å²) in [6.45, 7) is 0. The van der Waals surface area contributed by atoms with Crippen LogP contribution in [0.5, 0.6) is 0 Å². The largest absolute Gasteiger partial charge is 0.313 e. The third-order valence-electron chi connectivity index (χ3n) is 12.0. The van der Waals surface area contributed by atoms with Gasteiger partial charge in [-0.3, -0.25) is 4.79 Å². The molecule has 6 heteroatoms. The maximum atomic E-state index is 8.98. The van der Waals surface area contributed by atoms with Gasteiger partial charge in [-0.2, -0.15) is 0 Å². The van der Waals surface area contributed by atoms with Crippen LogP contribution in [0.4, 0.5) is 4.79 Å². The Labute approximate surface area is 293 Å². The van der Waals surface area contributed by atoms with Gasteiger partial charge in [-0.15, -0.1) is 0 Å². The fraction of sp³-hybridized carbons (Fsp3) is 0.973. The molecular weight excluding hydrogens is 694 g/mol. The van der Waals surface area contributed by atoms with Gasteiger partial charge >= 0.3 is 4.70 Å². The van der Waals surface area contributed by atoms with Crippen molar-refractivity contribution in [1.82, 2.24) is 0 Å². The van der Waals surface area contributed by atoms with Crippen LogP contribution >= 0.6 is 39.0 Å². The summed E-state index contributed by atoms with van der Waals surface area (Å²) in [6.07, 6.45) is 47.2. The molecule has 6 fully saturated rings. The van der Waals surface area contributed by atoms with E-state index in [0.29, 0.717) is 15.8 Å². The summed E-state index contributed by atoms with van der Waals surface area (Å²) in [5.74, 6) is 0. The van der Waals surface area contributed by atoms with Crippen LogP contribution < -0.4 is 0 Å². The minimum Gasteiger partial charge on any atom is -0.262 e. The molecular formula is C37H66Cl2OP2Ru. The first-order valence-electron chi connectivity index (χ1n) is 19.0. The summed E-state index contributed by atoms with van der Waals surface area (Å²) in [5, 5.41) is 0. The molecule has 0 unspecified atom stereocenters. The predicted octanol–water partition coefficient (Wildman–Crippen LogP) is 14.5. The normalized spacial score (nSPS) is 26.1. The van der Waals surface area contributed by atoms with Crippen LogP contribution in [-0.4, -0.2) is 38.7 Å². The zero-order chi connectivity index (χ0) is 29.4. The van der Waals surface area contributed by atoms with E-state index in [1.54, 1.807) is 154 Å². The van der Waals surface area contributed by atoms with E-state index in [0.717, 1.165) is 0 Å². The van der Waals surface area contributed by atoms with Crippen molar-refractivity contribution >= 4 is 43.7 Å². The Morgan fingerprint density at radius 1 is 0.326 bits per heavy atom. The van der Waals surface area contributed by atoms with Gasteiger partial charge in [0.1, 0.15) is 0 Å². The number of carbonyl (C=O) groups excluding carboxylic acids is 1. The Kier molecular flexibility index (Phi) is 21.1. The molecule has 0 bridgehead atoms. The number of hydrogen-bond acceptors (Lipinski definition) is 1. The summed E-state index contributed by atoms with van der Waals surface area (Å²) in [4.78, 5) is 8.98. The number of halogens is 2. The van der Waals surface area contributed by atoms with Crippen molar-refractivity contribution in [3.05, 3.63) is 0 Å². The Hall–Kier alpha value is 1.73. The second kappa shape index (κ2) is 23.2. The van der Waals surface area contributed by atoms with Crippen molar-refractivity contribution in [3.63, 3.8) is 0 Å². The van der Waals surface area contributed by atoms with Crippen molar-refractivity contribution in [1.29, 1.82) is 0 Å². The Balaban J connectivity index is 0.000000206. The topological polar surface area (TPSA) is 17.1 Å². The van der Waals surface area contributed by atoms with Gasteiger partial charge in [-0.05, 0) is 134 Å². The molecule has 0 aromatic carbocycles. The maximum Gasteiger partial charge on any atom is 0.313 e. The van der Waals surface area contributed by atoms with E-state index in [-0.39, 0.29) is 19.5 Å². The Morgan fingerprint density at radius 3 is 0.558 bits per heavy atom. The molecule has 1 nitrogen and oxygen atoms in total. The van der Waals surface area contributed by atoms with E-state index < -0.39 is 4.70 Å². The zero-order valence-corrected chi connectivity index (χ0v) is 32.6. The number of carbonyl (C=O) groups is 1.